The van der Waals surface area contributed by atoms with Gasteiger partial charge in [-0.1, -0.05) is 30.3 Å². The summed E-state index contributed by atoms with van der Waals surface area (Å²) in [7, 11) is 0. The standard InChI is InChI=1S/C14H13FN2O3/c15-11-6-7-13(17(18)19)14(8-11)20-9-12(16)10-4-2-1-3-5-10/h1-8,12H,9,16H2. The summed E-state index contributed by atoms with van der Waals surface area (Å²) in [6.45, 7) is 0.0221. The Hall–Kier alpha value is -2.47. The van der Waals surface area contributed by atoms with Gasteiger partial charge in [0.15, 0.2) is 5.75 Å². The summed E-state index contributed by atoms with van der Waals surface area (Å²) >= 11 is 0. The number of rotatable bonds is 5. The second-order valence-electron chi connectivity index (χ2n) is 4.20. The lowest BCUT2D eigenvalue weighted by molar-refractivity contribution is -0.385. The number of nitro groups is 1. The van der Waals surface area contributed by atoms with Gasteiger partial charge in [-0.2, -0.15) is 0 Å². The van der Waals surface area contributed by atoms with Crippen LogP contribution in [0.1, 0.15) is 11.6 Å². The van der Waals surface area contributed by atoms with Crippen LogP contribution in [-0.2, 0) is 0 Å². The quantitative estimate of drug-likeness (QED) is 0.672. The molecule has 2 N–H and O–H groups in total. The smallest absolute Gasteiger partial charge is 0.311 e. The molecule has 2 rings (SSSR count). The molecule has 0 aliphatic heterocycles. The van der Waals surface area contributed by atoms with Gasteiger partial charge in [0, 0.05) is 12.1 Å². The Kier molecular flexibility index (Phi) is 4.27. The molecule has 0 saturated carbocycles. The molecule has 0 aliphatic rings. The van der Waals surface area contributed by atoms with E-state index in [1.165, 1.54) is 0 Å². The lowest BCUT2D eigenvalue weighted by Crippen LogP contribution is -2.19. The number of nitrogens with two attached hydrogens (primary N) is 1. The van der Waals surface area contributed by atoms with E-state index in [0.29, 0.717) is 0 Å². The maximum atomic E-state index is 13.1. The van der Waals surface area contributed by atoms with Crippen molar-refractivity contribution < 1.29 is 14.1 Å². The average Bonchev–Trinajstić information content (AvgIpc) is 2.45. The summed E-state index contributed by atoms with van der Waals surface area (Å²) in [5, 5.41) is 10.8. The molecule has 5 nitrogen and oxygen atoms in total. The zero-order valence-corrected chi connectivity index (χ0v) is 10.5. The average molecular weight is 276 g/mol. The Morgan fingerprint density at radius 3 is 2.60 bits per heavy atom. The largest absolute Gasteiger partial charge is 0.485 e. The van der Waals surface area contributed by atoms with Crippen LogP contribution in [0.5, 0.6) is 5.75 Å². The maximum absolute atomic E-state index is 13.1. The second-order valence-corrected chi connectivity index (χ2v) is 4.20. The van der Waals surface area contributed by atoms with Gasteiger partial charge in [-0.25, -0.2) is 4.39 Å². The number of hydrogen-bond acceptors (Lipinski definition) is 4. The van der Waals surface area contributed by atoms with Gasteiger partial charge in [-0.3, -0.25) is 10.1 Å². The molecule has 0 fully saturated rings. The first-order chi connectivity index (χ1) is 9.58. The molecule has 2 aromatic carbocycles. The molecule has 1 atom stereocenters. The van der Waals surface area contributed by atoms with Crippen LogP contribution in [0.3, 0.4) is 0 Å². The number of benzene rings is 2. The van der Waals surface area contributed by atoms with E-state index in [0.717, 1.165) is 23.8 Å². The van der Waals surface area contributed by atoms with E-state index in [1.807, 2.05) is 30.3 Å². The van der Waals surface area contributed by atoms with Crippen molar-refractivity contribution >= 4 is 5.69 Å². The molecule has 0 radical (unpaired) electrons. The van der Waals surface area contributed by atoms with Crippen molar-refractivity contribution in [2.45, 2.75) is 6.04 Å². The van der Waals surface area contributed by atoms with Crippen LogP contribution in [0.25, 0.3) is 0 Å². The summed E-state index contributed by atoms with van der Waals surface area (Å²) < 4.78 is 18.4. The first-order valence-corrected chi connectivity index (χ1v) is 5.95. The van der Waals surface area contributed by atoms with E-state index in [9.17, 15) is 14.5 Å². The summed E-state index contributed by atoms with van der Waals surface area (Å²) in [6, 6.07) is 11.8. The van der Waals surface area contributed by atoms with Crippen molar-refractivity contribution in [3.8, 4) is 5.75 Å². The van der Waals surface area contributed by atoms with E-state index in [4.69, 9.17) is 10.5 Å². The number of ether oxygens (including phenoxy) is 1. The molecule has 6 heteroatoms. The Morgan fingerprint density at radius 2 is 1.95 bits per heavy atom. The fraction of sp³-hybridized carbons (Fsp3) is 0.143. The third-order valence-electron chi connectivity index (χ3n) is 2.76. The van der Waals surface area contributed by atoms with Gasteiger partial charge >= 0.3 is 5.69 Å². The van der Waals surface area contributed by atoms with Crippen molar-refractivity contribution in [1.82, 2.24) is 0 Å². The minimum atomic E-state index is -0.622. The van der Waals surface area contributed by atoms with Crippen molar-refractivity contribution in [2.75, 3.05) is 6.61 Å². The van der Waals surface area contributed by atoms with E-state index in [-0.39, 0.29) is 18.0 Å². The molecule has 20 heavy (non-hydrogen) atoms. The van der Waals surface area contributed by atoms with Crippen molar-refractivity contribution in [1.29, 1.82) is 0 Å². The molecule has 1 unspecified atom stereocenters. The molecule has 104 valence electrons. The summed E-state index contributed by atoms with van der Waals surface area (Å²) in [5.74, 6) is -0.722. The number of nitro benzene ring substituents is 1. The Balaban J connectivity index is 2.11. The van der Waals surface area contributed by atoms with E-state index in [2.05, 4.69) is 0 Å². The van der Waals surface area contributed by atoms with Gasteiger partial charge in [0.1, 0.15) is 12.4 Å². The topological polar surface area (TPSA) is 78.4 Å². The molecule has 2 aromatic rings. The second kappa shape index (κ2) is 6.12. The third-order valence-corrected chi connectivity index (χ3v) is 2.76. The molecule has 0 heterocycles. The third kappa shape index (κ3) is 3.30. The Morgan fingerprint density at radius 1 is 1.25 bits per heavy atom. The highest BCUT2D eigenvalue weighted by atomic mass is 19.1. The zero-order chi connectivity index (χ0) is 14.5. The molecular weight excluding hydrogens is 263 g/mol. The van der Waals surface area contributed by atoms with Gasteiger partial charge in [0.05, 0.1) is 11.0 Å². The minimum absolute atomic E-state index is 0.0221. The van der Waals surface area contributed by atoms with Crippen LogP contribution in [0.15, 0.2) is 48.5 Å². The molecule has 0 spiro atoms. The van der Waals surface area contributed by atoms with Crippen LogP contribution < -0.4 is 10.5 Å². The van der Waals surface area contributed by atoms with Crippen molar-refractivity contribution in [3.05, 3.63) is 70.0 Å². The number of halogens is 1. The van der Waals surface area contributed by atoms with E-state index in [1.54, 1.807) is 0 Å². The monoisotopic (exact) mass is 276 g/mol. The Labute approximate surface area is 114 Å². The Bertz CT molecular complexity index is 605. The van der Waals surface area contributed by atoms with Gasteiger partial charge in [0.2, 0.25) is 0 Å². The highest BCUT2D eigenvalue weighted by Crippen LogP contribution is 2.28. The molecule has 0 aromatic heterocycles. The van der Waals surface area contributed by atoms with Crippen LogP contribution in [0.4, 0.5) is 10.1 Å². The fourth-order valence-corrected chi connectivity index (χ4v) is 1.73. The van der Waals surface area contributed by atoms with Gasteiger partial charge in [0.25, 0.3) is 0 Å². The van der Waals surface area contributed by atoms with Gasteiger partial charge in [-0.15, -0.1) is 0 Å². The van der Waals surface area contributed by atoms with Crippen molar-refractivity contribution in [3.63, 3.8) is 0 Å². The maximum Gasteiger partial charge on any atom is 0.311 e. The first kappa shape index (κ1) is 14.0. The van der Waals surface area contributed by atoms with Crippen LogP contribution in [-0.4, -0.2) is 11.5 Å². The highest BCUT2D eigenvalue weighted by Gasteiger charge is 2.17. The minimum Gasteiger partial charge on any atom is -0.485 e. The molecule has 0 aliphatic carbocycles. The SMILES string of the molecule is NC(COc1cc(F)ccc1[N+](=O)[O-])c1ccccc1. The zero-order valence-electron chi connectivity index (χ0n) is 10.5. The lowest BCUT2D eigenvalue weighted by atomic mass is 10.1. The molecule has 0 bridgehead atoms. The predicted molar refractivity (Wildman–Crippen MR) is 71.9 cm³/mol. The first-order valence-electron chi connectivity index (χ1n) is 5.95. The normalized spacial score (nSPS) is 11.9. The fourth-order valence-electron chi connectivity index (χ4n) is 1.73. The summed E-state index contributed by atoms with van der Waals surface area (Å²) in [4.78, 5) is 10.2. The molecule has 0 amide bonds. The van der Waals surface area contributed by atoms with Crippen molar-refractivity contribution in [2.24, 2.45) is 5.73 Å². The van der Waals surface area contributed by atoms with Crippen LogP contribution in [0.2, 0.25) is 0 Å². The molecule has 0 saturated heterocycles. The lowest BCUT2D eigenvalue weighted by Gasteiger charge is -2.13. The van der Waals surface area contributed by atoms with Crippen LogP contribution in [0, 0.1) is 15.9 Å². The summed E-state index contributed by atoms with van der Waals surface area (Å²) in [6.07, 6.45) is 0. The highest BCUT2D eigenvalue weighted by molar-refractivity contribution is 5.46. The van der Waals surface area contributed by atoms with Crippen LogP contribution >= 0.6 is 0 Å². The molecular formula is C14H13FN2O3. The van der Waals surface area contributed by atoms with Gasteiger partial charge in [-0.05, 0) is 11.6 Å². The van der Waals surface area contributed by atoms with E-state index < -0.39 is 16.8 Å². The van der Waals surface area contributed by atoms with Gasteiger partial charge < -0.3 is 10.5 Å². The van der Waals surface area contributed by atoms with E-state index >= 15 is 0 Å². The predicted octanol–water partition coefficient (Wildman–Crippen LogP) is 2.81. The number of nitrogens with zero attached hydrogens (tertiary/aromatic N) is 1. The summed E-state index contributed by atoms with van der Waals surface area (Å²) in [5.41, 5.74) is 6.47. The number of hydrogen-bond donors (Lipinski definition) is 1.